The summed E-state index contributed by atoms with van der Waals surface area (Å²) in [4.78, 5) is 5.20. The molecule has 0 N–H and O–H groups in total. The zero-order valence-electron chi connectivity index (χ0n) is 21.5. The van der Waals surface area contributed by atoms with Gasteiger partial charge in [0.1, 0.15) is 6.04 Å². The van der Waals surface area contributed by atoms with E-state index in [2.05, 4.69) is 92.2 Å². The van der Waals surface area contributed by atoms with E-state index in [0.717, 1.165) is 17.6 Å². The van der Waals surface area contributed by atoms with E-state index in [1.165, 1.54) is 86.6 Å². The number of anilines is 2. The summed E-state index contributed by atoms with van der Waals surface area (Å²) in [6.45, 7) is 19.4. The number of quaternary nitrogens is 2. The summed E-state index contributed by atoms with van der Waals surface area (Å²) in [6.07, 6.45) is 2.54. The topological polar surface area (TPSA) is 6.48 Å². The van der Waals surface area contributed by atoms with Gasteiger partial charge < -0.3 is 18.8 Å². The smallest absolute Gasteiger partial charge is 0.112 e. The van der Waals surface area contributed by atoms with Crippen molar-refractivity contribution >= 4 is 11.4 Å². The Morgan fingerprint density at radius 1 is 0.697 bits per heavy atom. The summed E-state index contributed by atoms with van der Waals surface area (Å²) in [5, 5.41) is 0. The van der Waals surface area contributed by atoms with E-state index in [9.17, 15) is 0 Å². The summed E-state index contributed by atoms with van der Waals surface area (Å²) in [5.74, 6) is 0. The molecule has 0 saturated carbocycles. The minimum Gasteiger partial charge on any atom is -0.366 e. The molecule has 2 aliphatic heterocycles. The highest BCUT2D eigenvalue weighted by atomic mass is 15.4. The van der Waals surface area contributed by atoms with Crippen LogP contribution in [0.4, 0.5) is 11.4 Å². The maximum absolute atomic E-state index is 2.62. The molecule has 0 aromatic heterocycles. The van der Waals surface area contributed by atoms with Crippen LogP contribution in [0.15, 0.2) is 54.6 Å². The SMILES string of the molecule is CC[N+]1(CC)CCCN(c2ccc(C(C)[N+]3(C)CCCN(c4ccccc4)CC3)cc2)CC1. The van der Waals surface area contributed by atoms with Crippen molar-refractivity contribution in [3.05, 3.63) is 60.2 Å². The third-order valence-corrected chi connectivity index (χ3v) is 9.02. The monoisotopic (exact) mass is 450 g/mol. The molecular weight excluding hydrogens is 404 g/mol. The van der Waals surface area contributed by atoms with Crippen LogP contribution in [0.3, 0.4) is 0 Å². The van der Waals surface area contributed by atoms with E-state index in [-0.39, 0.29) is 0 Å². The normalized spacial score (nSPS) is 24.7. The lowest BCUT2D eigenvalue weighted by atomic mass is 10.0. The number of benzene rings is 2. The lowest BCUT2D eigenvalue weighted by Gasteiger charge is -2.39. The van der Waals surface area contributed by atoms with Crippen molar-refractivity contribution in [2.24, 2.45) is 0 Å². The van der Waals surface area contributed by atoms with Crippen LogP contribution in [0, 0.1) is 0 Å². The first-order valence-electron chi connectivity index (χ1n) is 13.3. The first-order valence-corrected chi connectivity index (χ1v) is 13.3. The maximum atomic E-state index is 2.62. The molecule has 4 nitrogen and oxygen atoms in total. The van der Waals surface area contributed by atoms with Crippen LogP contribution in [-0.2, 0) is 0 Å². The van der Waals surface area contributed by atoms with Crippen molar-refractivity contribution in [1.29, 1.82) is 0 Å². The van der Waals surface area contributed by atoms with Gasteiger partial charge in [-0.3, -0.25) is 0 Å². The van der Waals surface area contributed by atoms with Gasteiger partial charge in [-0.25, -0.2) is 0 Å². The van der Waals surface area contributed by atoms with Crippen molar-refractivity contribution in [2.45, 2.75) is 39.7 Å². The summed E-state index contributed by atoms with van der Waals surface area (Å²) in [7, 11) is 2.47. The number of rotatable bonds is 6. The third kappa shape index (κ3) is 5.38. The zero-order valence-corrected chi connectivity index (χ0v) is 21.5. The molecule has 4 rings (SSSR count). The number of hydrogen-bond donors (Lipinski definition) is 0. The van der Waals surface area contributed by atoms with Gasteiger partial charge in [0.05, 0.1) is 59.4 Å². The van der Waals surface area contributed by atoms with Gasteiger partial charge in [-0.2, -0.15) is 0 Å². The van der Waals surface area contributed by atoms with E-state index >= 15 is 0 Å². The molecule has 2 fully saturated rings. The molecule has 0 amide bonds. The van der Waals surface area contributed by atoms with Gasteiger partial charge in [0.2, 0.25) is 0 Å². The van der Waals surface area contributed by atoms with Crippen LogP contribution in [0.25, 0.3) is 0 Å². The standard InChI is InChI=1S/C29H46N4/c1-5-33(6-2)23-11-19-31(21-25-33)29-16-14-27(15-17-29)26(3)32(4)22-10-18-30(20-24-32)28-12-8-7-9-13-28/h7-9,12-17,26H,5-6,10-11,18-25H2,1-4H3/q+2. The Balaban J connectivity index is 1.41. The average molecular weight is 451 g/mol. The summed E-state index contributed by atoms with van der Waals surface area (Å²) in [5.41, 5.74) is 4.26. The van der Waals surface area contributed by atoms with Crippen LogP contribution in [0.5, 0.6) is 0 Å². The largest absolute Gasteiger partial charge is 0.366 e. The van der Waals surface area contributed by atoms with Gasteiger partial charge in [-0.1, -0.05) is 30.3 Å². The van der Waals surface area contributed by atoms with Crippen molar-refractivity contribution in [2.75, 3.05) is 82.3 Å². The second-order valence-electron chi connectivity index (χ2n) is 10.6. The Kier molecular flexibility index (Phi) is 7.65. The molecule has 2 aromatic carbocycles. The lowest BCUT2D eigenvalue weighted by Crippen LogP contribution is -2.50. The summed E-state index contributed by atoms with van der Waals surface area (Å²) in [6, 6.07) is 21.1. The fourth-order valence-electron chi connectivity index (χ4n) is 6.07. The quantitative estimate of drug-likeness (QED) is 0.560. The van der Waals surface area contributed by atoms with Crippen molar-refractivity contribution < 1.29 is 8.97 Å². The van der Waals surface area contributed by atoms with Crippen molar-refractivity contribution in [3.63, 3.8) is 0 Å². The van der Waals surface area contributed by atoms with Gasteiger partial charge in [0.25, 0.3) is 0 Å². The van der Waals surface area contributed by atoms with Gasteiger partial charge in [0.15, 0.2) is 0 Å². The first kappa shape index (κ1) is 24.1. The molecule has 2 aliphatic rings. The fraction of sp³-hybridized carbons (Fsp3) is 0.586. The maximum Gasteiger partial charge on any atom is 0.112 e. The highest BCUT2D eigenvalue weighted by Crippen LogP contribution is 2.31. The van der Waals surface area contributed by atoms with Gasteiger partial charge in [0, 0.05) is 42.9 Å². The van der Waals surface area contributed by atoms with E-state index in [0.29, 0.717) is 6.04 Å². The summed E-state index contributed by atoms with van der Waals surface area (Å²) < 4.78 is 2.40. The molecule has 0 spiro atoms. The lowest BCUT2D eigenvalue weighted by molar-refractivity contribution is -0.935. The van der Waals surface area contributed by atoms with Crippen LogP contribution < -0.4 is 9.80 Å². The van der Waals surface area contributed by atoms with Crippen molar-refractivity contribution in [3.8, 4) is 0 Å². The Bertz CT molecular complexity index is 861. The van der Waals surface area contributed by atoms with Crippen LogP contribution >= 0.6 is 0 Å². The predicted molar refractivity (Wildman–Crippen MR) is 142 cm³/mol. The first-order chi connectivity index (χ1) is 16.0. The minimum atomic E-state index is 0.517. The molecule has 2 saturated heterocycles. The number of hydrogen-bond acceptors (Lipinski definition) is 2. The average Bonchev–Trinajstić information content (AvgIpc) is 3.21. The third-order valence-electron chi connectivity index (χ3n) is 9.02. The summed E-state index contributed by atoms with van der Waals surface area (Å²) >= 11 is 0. The van der Waals surface area contributed by atoms with Gasteiger partial charge in [-0.05, 0) is 45.0 Å². The number of para-hydroxylation sites is 1. The highest BCUT2D eigenvalue weighted by molar-refractivity contribution is 5.48. The predicted octanol–water partition coefficient (Wildman–Crippen LogP) is 5.17. The second kappa shape index (κ2) is 10.5. The molecule has 2 aromatic rings. The molecular formula is C29H46N4+2. The molecule has 2 atom stereocenters. The molecule has 0 aliphatic carbocycles. The minimum absolute atomic E-state index is 0.517. The molecule has 33 heavy (non-hydrogen) atoms. The Labute approximate surface area is 202 Å². The van der Waals surface area contributed by atoms with Crippen molar-refractivity contribution in [1.82, 2.24) is 0 Å². The Hall–Kier alpha value is -2.04. The molecule has 4 heteroatoms. The molecule has 180 valence electrons. The fourth-order valence-corrected chi connectivity index (χ4v) is 6.07. The Morgan fingerprint density at radius 2 is 1.27 bits per heavy atom. The van der Waals surface area contributed by atoms with Crippen LogP contribution in [0.1, 0.15) is 45.2 Å². The van der Waals surface area contributed by atoms with E-state index in [4.69, 9.17) is 0 Å². The molecule has 0 bridgehead atoms. The van der Waals surface area contributed by atoms with E-state index in [1.807, 2.05) is 0 Å². The zero-order chi connectivity index (χ0) is 23.3. The van der Waals surface area contributed by atoms with Crippen LogP contribution in [0.2, 0.25) is 0 Å². The second-order valence-corrected chi connectivity index (χ2v) is 10.6. The highest BCUT2D eigenvalue weighted by Gasteiger charge is 2.33. The molecule has 0 radical (unpaired) electrons. The molecule has 2 unspecified atom stereocenters. The Morgan fingerprint density at radius 3 is 1.91 bits per heavy atom. The van der Waals surface area contributed by atoms with E-state index in [1.54, 1.807) is 0 Å². The number of likely N-dealkylation sites (N-methyl/N-ethyl adjacent to an activating group) is 2. The van der Waals surface area contributed by atoms with Crippen LogP contribution in [-0.4, -0.2) is 81.5 Å². The molecule has 2 heterocycles. The van der Waals surface area contributed by atoms with Gasteiger partial charge >= 0.3 is 0 Å². The number of nitrogens with zero attached hydrogens (tertiary/aromatic N) is 4. The van der Waals surface area contributed by atoms with Gasteiger partial charge in [-0.15, -0.1) is 0 Å². The van der Waals surface area contributed by atoms with E-state index < -0.39 is 0 Å².